The van der Waals surface area contributed by atoms with Crippen molar-refractivity contribution in [3.05, 3.63) is 5.69 Å². The lowest BCUT2D eigenvalue weighted by atomic mass is 10.2. The molecule has 7 nitrogen and oxygen atoms in total. The van der Waals surface area contributed by atoms with E-state index in [-0.39, 0.29) is 36.6 Å². The lowest BCUT2D eigenvalue weighted by molar-refractivity contribution is 0.0627. The van der Waals surface area contributed by atoms with Crippen LogP contribution in [0.2, 0.25) is 0 Å². The monoisotopic (exact) mass is 240 g/mol. The van der Waals surface area contributed by atoms with E-state index in [4.69, 9.17) is 10.8 Å². The van der Waals surface area contributed by atoms with E-state index in [2.05, 4.69) is 14.9 Å². The van der Waals surface area contributed by atoms with Gasteiger partial charge < -0.3 is 15.7 Å². The molecule has 0 unspecified atom stereocenters. The molecule has 1 saturated carbocycles. The number of carbonyl (C=O) groups excluding carboxylic acids is 1. The number of nitrogens with two attached hydrogens (primary N) is 1. The van der Waals surface area contributed by atoms with Gasteiger partial charge in [-0.15, -0.1) is 0 Å². The van der Waals surface area contributed by atoms with E-state index in [1.54, 1.807) is 4.90 Å². The van der Waals surface area contributed by atoms with Crippen LogP contribution in [0.1, 0.15) is 36.2 Å². The number of rotatable bonds is 4. The summed E-state index contributed by atoms with van der Waals surface area (Å²) in [6.07, 6.45) is 4.12. The minimum Gasteiger partial charge on any atom is -0.395 e. The lowest BCUT2D eigenvalue weighted by Crippen LogP contribution is -2.41. The van der Waals surface area contributed by atoms with Gasteiger partial charge in [0.2, 0.25) is 11.5 Å². The Kier molecular flexibility index (Phi) is 3.58. The molecule has 3 N–H and O–H groups in total. The van der Waals surface area contributed by atoms with Crippen LogP contribution in [-0.2, 0) is 0 Å². The quantitative estimate of drug-likeness (QED) is 0.769. The standard InChI is InChI=1S/C10H16N4O3/c11-9-8(12-17-13-9)10(16)14(5-6-15)7-3-1-2-4-7/h7,15H,1-6H2,(H2,11,13). The Labute approximate surface area is 98.5 Å². The molecule has 0 radical (unpaired) electrons. The van der Waals surface area contributed by atoms with Crippen LogP contribution in [0, 0.1) is 0 Å². The number of nitrogen functional groups attached to an aromatic ring is 1. The number of hydrogen-bond donors (Lipinski definition) is 2. The summed E-state index contributed by atoms with van der Waals surface area (Å²) in [6.45, 7) is 0.212. The van der Waals surface area contributed by atoms with Crippen LogP contribution in [0.25, 0.3) is 0 Å². The number of anilines is 1. The molecule has 0 saturated heterocycles. The SMILES string of the molecule is Nc1nonc1C(=O)N(CCO)C1CCCC1. The lowest BCUT2D eigenvalue weighted by Gasteiger charge is -2.27. The largest absolute Gasteiger partial charge is 0.395 e. The fraction of sp³-hybridized carbons (Fsp3) is 0.700. The Balaban J connectivity index is 2.15. The molecule has 1 aromatic rings. The molecule has 0 spiro atoms. The van der Waals surface area contributed by atoms with Crippen molar-refractivity contribution in [3.63, 3.8) is 0 Å². The number of nitrogens with zero attached hydrogens (tertiary/aromatic N) is 3. The van der Waals surface area contributed by atoms with Crippen molar-refractivity contribution in [3.8, 4) is 0 Å². The molecule has 7 heteroatoms. The van der Waals surface area contributed by atoms with Gasteiger partial charge in [0, 0.05) is 12.6 Å². The Morgan fingerprint density at radius 3 is 2.71 bits per heavy atom. The molecule has 0 aromatic carbocycles. The second kappa shape index (κ2) is 5.13. The van der Waals surface area contributed by atoms with Crippen LogP contribution in [0.15, 0.2) is 4.63 Å². The van der Waals surface area contributed by atoms with Gasteiger partial charge in [0.25, 0.3) is 5.91 Å². The molecule has 1 amide bonds. The maximum absolute atomic E-state index is 12.2. The maximum Gasteiger partial charge on any atom is 0.280 e. The zero-order valence-electron chi connectivity index (χ0n) is 9.50. The van der Waals surface area contributed by atoms with Crippen LogP contribution in [0.5, 0.6) is 0 Å². The fourth-order valence-electron chi connectivity index (χ4n) is 2.25. The van der Waals surface area contributed by atoms with Gasteiger partial charge in [-0.3, -0.25) is 4.79 Å². The van der Waals surface area contributed by atoms with Gasteiger partial charge in [0.05, 0.1) is 6.61 Å². The molecule has 1 heterocycles. The number of aliphatic hydroxyl groups is 1. The van der Waals surface area contributed by atoms with E-state index in [1.165, 1.54) is 0 Å². The van der Waals surface area contributed by atoms with Gasteiger partial charge in [-0.1, -0.05) is 12.8 Å². The third kappa shape index (κ3) is 2.38. The molecule has 17 heavy (non-hydrogen) atoms. The highest BCUT2D eigenvalue weighted by Gasteiger charge is 2.30. The minimum absolute atomic E-state index is 0.00376. The Morgan fingerprint density at radius 2 is 2.18 bits per heavy atom. The van der Waals surface area contributed by atoms with E-state index >= 15 is 0 Å². The zero-order valence-corrected chi connectivity index (χ0v) is 9.50. The molecule has 0 bridgehead atoms. The first-order chi connectivity index (χ1) is 8.24. The summed E-state index contributed by atoms with van der Waals surface area (Å²) in [5, 5.41) is 15.9. The van der Waals surface area contributed by atoms with Gasteiger partial charge in [-0.25, -0.2) is 4.63 Å². The summed E-state index contributed by atoms with van der Waals surface area (Å²) in [5.74, 6) is -0.319. The first kappa shape index (κ1) is 11.8. The second-order valence-electron chi connectivity index (χ2n) is 4.16. The van der Waals surface area contributed by atoms with Gasteiger partial charge >= 0.3 is 0 Å². The fourth-order valence-corrected chi connectivity index (χ4v) is 2.25. The number of aliphatic hydroxyl groups excluding tert-OH is 1. The first-order valence-electron chi connectivity index (χ1n) is 5.74. The van der Waals surface area contributed by atoms with E-state index in [1.807, 2.05) is 0 Å². The first-order valence-corrected chi connectivity index (χ1v) is 5.74. The Hall–Kier alpha value is -1.63. The van der Waals surface area contributed by atoms with E-state index < -0.39 is 0 Å². The molecule has 2 rings (SSSR count). The highest BCUT2D eigenvalue weighted by molar-refractivity contribution is 5.96. The highest BCUT2D eigenvalue weighted by atomic mass is 16.6. The second-order valence-corrected chi connectivity index (χ2v) is 4.16. The van der Waals surface area contributed by atoms with Crippen LogP contribution in [0.3, 0.4) is 0 Å². The van der Waals surface area contributed by atoms with Crippen molar-refractivity contribution in [2.24, 2.45) is 0 Å². The van der Waals surface area contributed by atoms with Crippen LogP contribution in [-0.4, -0.2) is 45.4 Å². The zero-order chi connectivity index (χ0) is 12.3. The van der Waals surface area contributed by atoms with Crippen molar-refractivity contribution in [2.75, 3.05) is 18.9 Å². The summed E-state index contributed by atoms with van der Waals surface area (Å²) < 4.78 is 4.42. The molecule has 0 atom stereocenters. The molecule has 94 valence electrons. The van der Waals surface area contributed by atoms with Crippen molar-refractivity contribution < 1.29 is 14.5 Å². The molecule has 0 aliphatic heterocycles. The molecule has 1 aliphatic rings. The molecule has 1 aliphatic carbocycles. The minimum atomic E-state index is -0.315. The van der Waals surface area contributed by atoms with Gasteiger partial charge in [0.1, 0.15) is 0 Å². The van der Waals surface area contributed by atoms with E-state index in [9.17, 15) is 4.79 Å². The number of hydrogen-bond acceptors (Lipinski definition) is 6. The number of amides is 1. The van der Waals surface area contributed by atoms with E-state index in [0.29, 0.717) is 0 Å². The average Bonchev–Trinajstić information content (AvgIpc) is 2.95. The third-order valence-corrected chi connectivity index (χ3v) is 3.08. The van der Waals surface area contributed by atoms with Gasteiger partial charge in [0.15, 0.2) is 0 Å². The molecular weight excluding hydrogens is 224 g/mol. The number of aromatic nitrogens is 2. The normalized spacial score (nSPS) is 16.3. The number of carbonyl (C=O) groups is 1. The van der Waals surface area contributed by atoms with Crippen molar-refractivity contribution in [1.29, 1.82) is 0 Å². The highest BCUT2D eigenvalue weighted by Crippen LogP contribution is 2.25. The van der Waals surface area contributed by atoms with Crippen molar-refractivity contribution in [1.82, 2.24) is 15.2 Å². The smallest absolute Gasteiger partial charge is 0.280 e. The Morgan fingerprint density at radius 1 is 1.47 bits per heavy atom. The van der Waals surface area contributed by atoms with Gasteiger partial charge in [-0.05, 0) is 23.2 Å². The topological polar surface area (TPSA) is 105 Å². The van der Waals surface area contributed by atoms with Crippen molar-refractivity contribution >= 4 is 11.7 Å². The van der Waals surface area contributed by atoms with Crippen LogP contribution >= 0.6 is 0 Å². The van der Waals surface area contributed by atoms with Crippen molar-refractivity contribution in [2.45, 2.75) is 31.7 Å². The van der Waals surface area contributed by atoms with Crippen LogP contribution in [0.4, 0.5) is 5.82 Å². The van der Waals surface area contributed by atoms with Crippen LogP contribution < -0.4 is 5.73 Å². The summed E-state index contributed by atoms with van der Waals surface area (Å²) in [5.41, 5.74) is 5.53. The molecule has 1 aromatic heterocycles. The summed E-state index contributed by atoms with van der Waals surface area (Å²) in [7, 11) is 0. The summed E-state index contributed by atoms with van der Waals surface area (Å²) in [6, 6.07) is 0.158. The molecule has 1 fully saturated rings. The third-order valence-electron chi connectivity index (χ3n) is 3.08. The van der Waals surface area contributed by atoms with E-state index in [0.717, 1.165) is 25.7 Å². The predicted molar refractivity (Wildman–Crippen MR) is 59.1 cm³/mol. The maximum atomic E-state index is 12.2. The summed E-state index contributed by atoms with van der Waals surface area (Å²) >= 11 is 0. The Bertz CT molecular complexity index is 387. The predicted octanol–water partition coefficient (Wildman–Crippen LogP) is 0.0289. The van der Waals surface area contributed by atoms with Gasteiger partial charge in [-0.2, -0.15) is 0 Å². The average molecular weight is 240 g/mol. The summed E-state index contributed by atoms with van der Waals surface area (Å²) in [4.78, 5) is 13.8. The molecular formula is C10H16N4O3.